The highest BCUT2D eigenvalue weighted by Crippen LogP contribution is 2.22. The van der Waals surface area contributed by atoms with Gasteiger partial charge in [-0.05, 0) is 31.4 Å². The standard InChI is InChI=1S/C15H21N3/c1-10(2)8-14-11(3)17-15(18-14)12-6-5-7-13(9-12)16-4/h5-7,9-10,16H,8H2,1-4H3,(H,17,18). The van der Waals surface area contributed by atoms with E-state index in [2.05, 4.69) is 43.2 Å². The van der Waals surface area contributed by atoms with Crippen LogP contribution in [0.4, 0.5) is 5.69 Å². The summed E-state index contributed by atoms with van der Waals surface area (Å²) in [6.45, 7) is 6.53. The highest BCUT2D eigenvalue weighted by Gasteiger charge is 2.10. The Balaban J connectivity index is 2.33. The number of aromatic amines is 1. The molecule has 0 saturated heterocycles. The van der Waals surface area contributed by atoms with E-state index in [1.54, 1.807) is 0 Å². The fraction of sp³-hybridized carbons (Fsp3) is 0.400. The minimum Gasteiger partial charge on any atom is -0.388 e. The Morgan fingerprint density at radius 3 is 2.78 bits per heavy atom. The number of benzene rings is 1. The van der Waals surface area contributed by atoms with E-state index in [0.717, 1.165) is 23.5 Å². The molecule has 2 aromatic rings. The smallest absolute Gasteiger partial charge is 0.137 e. The first-order valence-corrected chi connectivity index (χ1v) is 6.44. The van der Waals surface area contributed by atoms with Crippen molar-refractivity contribution in [3.63, 3.8) is 0 Å². The summed E-state index contributed by atoms with van der Waals surface area (Å²) in [4.78, 5) is 8.09. The monoisotopic (exact) mass is 243 g/mol. The van der Waals surface area contributed by atoms with Crippen LogP contribution in [0.15, 0.2) is 24.3 Å². The lowest BCUT2D eigenvalue weighted by Crippen LogP contribution is -1.96. The van der Waals surface area contributed by atoms with Crippen LogP contribution in [0.5, 0.6) is 0 Å². The fourth-order valence-electron chi connectivity index (χ4n) is 2.04. The van der Waals surface area contributed by atoms with Crippen molar-refractivity contribution in [1.29, 1.82) is 0 Å². The Bertz CT molecular complexity index is 526. The molecule has 96 valence electrons. The number of aryl methyl sites for hydroxylation is 1. The average molecular weight is 243 g/mol. The van der Waals surface area contributed by atoms with Crippen molar-refractivity contribution in [2.24, 2.45) is 5.92 Å². The molecule has 0 bridgehead atoms. The van der Waals surface area contributed by atoms with Crippen LogP contribution >= 0.6 is 0 Å². The molecule has 0 radical (unpaired) electrons. The predicted octanol–water partition coefficient (Wildman–Crippen LogP) is 3.63. The van der Waals surface area contributed by atoms with Gasteiger partial charge in [0.2, 0.25) is 0 Å². The lowest BCUT2D eigenvalue weighted by atomic mass is 10.1. The molecule has 18 heavy (non-hydrogen) atoms. The molecule has 3 heteroatoms. The van der Waals surface area contributed by atoms with E-state index in [-0.39, 0.29) is 0 Å². The Hall–Kier alpha value is -1.77. The van der Waals surface area contributed by atoms with E-state index >= 15 is 0 Å². The first kappa shape index (κ1) is 12.7. The Morgan fingerprint density at radius 1 is 1.33 bits per heavy atom. The first-order chi connectivity index (χ1) is 8.60. The number of nitrogens with one attached hydrogen (secondary N) is 2. The second-order valence-corrected chi connectivity index (χ2v) is 5.09. The fourth-order valence-corrected chi connectivity index (χ4v) is 2.04. The van der Waals surface area contributed by atoms with E-state index in [1.165, 1.54) is 11.4 Å². The minimum absolute atomic E-state index is 0.628. The van der Waals surface area contributed by atoms with E-state index in [4.69, 9.17) is 4.98 Å². The minimum atomic E-state index is 0.628. The quantitative estimate of drug-likeness (QED) is 0.861. The Labute approximate surface area is 109 Å². The highest BCUT2D eigenvalue weighted by molar-refractivity contribution is 5.62. The number of aromatic nitrogens is 2. The van der Waals surface area contributed by atoms with Crippen LogP contribution in [0.2, 0.25) is 0 Å². The van der Waals surface area contributed by atoms with Crippen LogP contribution in [0.25, 0.3) is 11.4 Å². The molecule has 1 aromatic carbocycles. The summed E-state index contributed by atoms with van der Waals surface area (Å²) < 4.78 is 0. The van der Waals surface area contributed by atoms with Crippen LogP contribution in [0, 0.1) is 12.8 Å². The number of hydrogen-bond donors (Lipinski definition) is 2. The maximum Gasteiger partial charge on any atom is 0.137 e. The maximum absolute atomic E-state index is 4.71. The second kappa shape index (κ2) is 5.25. The zero-order valence-corrected chi connectivity index (χ0v) is 11.5. The molecule has 0 aliphatic heterocycles. The number of imidazole rings is 1. The SMILES string of the molecule is CNc1cccc(-c2nc(CC(C)C)c(C)[nH]2)c1. The lowest BCUT2D eigenvalue weighted by molar-refractivity contribution is 0.635. The number of nitrogens with zero attached hydrogens (tertiary/aromatic N) is 1. The molecule has 0 aliphatic rings. The third-order valence-electron chi connectivity index (χ3n) is 3.01. The Morgan fingerprint density at radius 2 is 2.11 bits per heavy atom. The lowest BCUT2D eigenvalue weighted by Gasteiger charge is -2.02. The summed E-state index contributed by atoms with van der Waals surface area (Å²) in [7, 11) is 1.93. The van der Waals surface area contributed by atoms with Crippen LogP contribution in [-0.4, -0.2) is 17.0 Å². The van der Waals surface area contributed by atoms with E-state index in [1.807, 2.05) is 19.2 Å². The van der Waals surface area contributed by atoms with E-state index in [9.17, 15) is 0 Å². The topological polar surface area (TPSA) is 40.7 Å². The van der Waals surface area contributed by atoms with Gasteiger partial charge in [-0.25, -0.2) is 4.98 Å². The third-order valence-corrected chi connectivity index (χ3v) is 3.01. The second-order valence-electron chi connectivity index (χ2n) is 5.09. The first-order valence-electron chi connectivity index (χ1n) is 6.44. The molecule has 2 N–H and O–H groups in total. The van der Waals surface area contributed by atoms with E-state index < -0.39 is 0 Å². The summed E-state index contributed by atoms with van der Waals surface area (Å²) in [5.74, 6) is 1.59. The van der Waals surface area contributed by atoms with Crippen molar-refractivity contribution in [2.75, 3.05) is 12.4 Å². The van der Waals surface area contributed by atoms with Gasteiger partial charge in [-0.3, -0.25) is 0 Å². The largest absolute Gasteiger partial charge is 0.388 e. The average Bonchev–Trinajstić information content (AvgIpc) is 2.70. The van der Waals surface area contributed by atoms with Gasteiger partial charge in [0.05, 0.1) is 5.69 Å². The van der Waals surface area contributed by atoms with Crippen LogP contribution in [0.1, 0.15) is 25.2 Å². The highest BCUT2D eigenvalue weighted by atomic mass is 14.9. The van der Waals surface area contributed by atoms with Gasteiger partial charge < -0.3 is 10.3 Å². The van der Waals surface area contributed by atoms with Gasteiger partial charge >= 0.3 is 0 Å². The predicted molar refractivity (Wildman–Crippen MR) is 76.8 cm³/mol. The van der Waals surface area contributed by atoms with Crippen LogP contribution in [-0.2, 0) is 6.42 Å². The number of rotatable bonds is 4. The summed E-state index contributed by atoms with van der Waals surface area (Å²) in [6, 6.07) is 8.28. The molecule has 3 nitrogen and oxygen atoms in total. The van der Waals surface area contributed by atoms with E-state index in [0.29, 0.717) is 5.92 Å². The molecule has 0 fully saturated rings. The van der Waals surface area contributed by atoms with Crippen molar-refractivity contribution in [1.82, 2.24) is 9.97 Å². The van der Waals surface area contributed by atoms with Crippen LogP contribution < -0.4 is 5.32 Å². The molecular formula is C15H21N3. The molecule has 0 atom stereocenters. The summed E-state index contributed by atoms with van der Waals surface area (Å²) >= 11 is 0. The van der Waals surface area contributed by atoms with Gasteiger partial charge in [-0.2, -0.15) is 0 Å². The van der Waals surface area contributed by atoms with Crippen molar-refractivity contribution in [2.45, 2.75) is 27.2 Å². The van der Waals surface area contributed by atoms with Gasteiger partial charge in [-0.15, -0.1) is 0 Å². The summed E-state index contributed by atoms with van der Waals surface area (Å²) in [5.41, 5.74) is 4.58. The van der Waals surface area contributed by atoms with Crippen molar-refractivity contribution >= 4 is 5.69 Å². The Kier molecular flexibility index (Phi) is 3.70. The zero-order chi connectivity index (χ0) is 13.1. The number of H-pyrrole nitrogens is 1. The van der Waals surface area contributed by atoms with Gasteiger partial charge in [0, 0.05) is 24.0 Å². The molecule has 0 amide bonds. The molecule has 1 heterocycles. The number of hydrogen-bond acceptors (Lipinski definition) is 2. The number of anilines is 1. The molecule has 0 unspecified atom stereocenters. The molecule has 0 saturated carbocycles. The molecule has 2 rings (SSSR count). The van der Waals surface area contributed by atoms with Gasteiger partial charge in [0.15, 0.2) is 0 Å². The van der Waals surface area contributed by atoms with Crippen molar-refractivity contribution < 1.29 is 0 Å². The molecule has 0 aliphatic carbocycles. The van der Waals surface area contributed by atoms with Crippen molar-refractivity contribution in [3.8, 4) is 11.4 Å². The zero-order valence-electron chi connectivity index (χ0n) is 11.5. The summed E-state index contributed by atoms with van der Waals surface area (Å²) in [5, 5.41) is 3.15. The molecule has 0 spiro atoms. The van der Waals surface area contributed by atoms with Gasteiger partial charge in [0.25, 0.3) is 0 Å². The molecular weight excluding hydrogens is 222 g/mol. The summed E-state index contributed by atoms with van der Waals surface area (Å²) in [6.07, 6.45) is 1.02. The normalized spacial score (nSPS) is 10.9. The third kappa shape index (κ3) is 2.73. The van der Waals surface area contributed by atoms with Gasteiger partial charge in [0.1, 0.15) is 5.82 Å². The maximum atomic E-state index is 4.71. The van der Waals surface area contributed by atoms with Gasteiger partial charge in [-0.1, -0.05) is 26.0 Å². The molecule has 1 aromatic heterocycles. The van der Waals surface area contributed by atoms with Crippen LogP contribution in [0.3, 0.4) is 0 Å². The van der Waals surface area contributed by atoms with Crippen molar-refractivity contribution in [3.05, 3.63) is 35.7 Å².